The van der Waals surface area contributed by atoms with Crippen LogP contribution < -0.4 is 5.32 Å². The number of hydrogen-bond donors (Lipinski definition) is 1. The zero-order valence-electron chi connectivity index (χ0n) is 12.7. The van der Waals surface area contributed by atoms with Gasteiger partial charge in [0.2, 0.25) is 0 Å². The molecule has 0 saturated carbocycles. The van der Waals surface area contributed by atoms with E-state index in [0.717, 1.165) is 24.4 Å². The molecule has 2 amide bonds. The third-order valence-electron chi connectivity index (χ3n) is 3.60. The molecule has 1 saturated heterocycles. The van der Waals surface area contributed by atoms with E-state index in [2.05, 4.69) is 5.32 Å². The first-order valence-electron chi connectivity index (χ1n) is 7.42. The van der Waals surface area contributed by atoms with Crippen LogP contribution >= 0.6 is 11.3 Å². The number of nitrogens with zero attached hydrogens (tertiary/aromatic N) is 2. The minimum absolute atomic E-state index is 0.00801. The van der Waals surface area contributed by atoms with Crippen LogP contribution in [0, 0.1) is 0 Å². The predicted octanol–water partition coefficient (Wildman–Crippen LogP) is 1.31. The number of thiophene rings is 1. The Bertz CT molecular complexity index is 465. The Hall–Kier alpha value is -1.40. The van der Waals surface area contributed by atoms with Crippen LogP contribution in [0.1, 0.15) is 25.1 Å². The molecular weight excluding hydrogens is 286 g/mol. The van der Waals surface area contributed by atoms with E-state index in [9.17, 15) is 9.59 Å². The summed E-state index contributed by atoms with van der Waals surface area (Å²) in [4.78, 5) is 29.4. The number of amides is 2. The highest BCUT2D eigenvalue weighted by Gasteiger charge is 2.29. The minimum atomic E-state index is -0.389. The van der Waals surface area contributed by atoms with Crippen LogP contribution in [0.15, 0.2) is 17.5 Å². The molecule has 1 aliphatic rings. The van der Waals surface area contributed by atoms with Gasteiger partial charge in [-0.05, 0) is 38.3 Å². The third-order valence-corrected chi connectivity index (χ3v) is 4.46. The van der Waals surface area contributed by atoms with Crippen molar-refractivity contribution in [3.05, 3.63) is 22.4 Å². The predicted molar refractivity (Wildman–Crippen MR) is 84.1 cm³/mol. The van der Waals surface area contributed by atoms with Crippen molar-refractivity contribution in [2.24, 2.45) is 0 Å². The Labute approximate surface area is 129 Å². The Balaban J connectivity index is 2.04. The average molecular weight is 309 g/mol. The molecule has 1 aliphatic heterocycles. The molecular formula is C15H23N3O2S. The van der Waals surface area contributed by atoms with E-state index in [1.807, 2.05) is 31.4 Å². The molecule has 6 heteroatoms. The largest absolute Gasteiger partial charge is 0.333 e. The smallest absolute Gasteiger partial charge is 0.312 e. The maximum atomic E-state index is 12.5. The lowest BCUT2D eigenvalue weighted by Crippen LogP contribution is -2.48. The number of carbonyl (C=O) groups excluding carboxylic acids is 2. The number of nitrogens with one attached hydrogen (secondary N) is 1. The Morgan fingerprint density at radius 3 is 2.86 bits per heavy atom. The van der Waals surface area contributed by atoms with Crippen molar-refractivity contribution in [2.45, 2.75) is 32.9 Å². The van der Waals surface area contributed by atoms with Crippen molar-refractivity contribution in [3.8, 4) is 0 Å². The molecule has 0 bridgehead atoms. The summed E-state index contributed by atoms with van der Waals surface area (Å²) in [6.45, 7) is 7.32. The second kappa shape index (κ2) is 7.56. The van der Waals surface area contributed by atoms with Gasteiger partial charge in [0.05, 0.1) is 6.54 Å². The first-order chi connectivity index (χ1) is 10.1. The van der Waals surface area contributed by atoms with Crippen LogP contribution in [-0.2, 0) is 16.1 Å². The van der Waals surface area contributed by atoms with Crippen LogP contribution in [0.4, 0.5) is 0 Å². The Morgan fingerprint density at radius 2 is 2.19 bits per heavy atom. The highest BCUT2D eigenvalue weighted by molar-refractivity contribution is 7.09. The fourth-order valence-corrected chi connectivity index (χ4v) is 3.07. The van der Waals surface area contributed by atoms with Gasteiger partial charge in [-0.2, -0.15) is 0 Å². The number of rotatable bonds is 3. The maximum absolute atomic E-state index is 12.5. The molecule has 1 N–H and O–H groups in total. The third kappa shape index (κ3) is 4.28. The van der Waals surface area contributed by atoms with Crippen LogP contribution in [0.3, 0.4) is 0 Å². The molecule has 21 heavy (non-hydrogen) atoms. The topological polar surface area (TPSA) is 52.7 Å². The van der Waals surface area contributed by atoms with Gasteiger partial charge in [0.15, 0.2) is 0 Å². The van der Waals surface area contributed by atoms with Gasteiger partial charge in [-0.1, -0.05) is 6.07 Å². The van der Waals surface area contributed by atoms with Crippen molar-refractivity contribution in [3.63, 3.8) is 0 Å². The SMILES string of the molecule is CC(C)N(Cc1cccs1)C(=O)C(=O)N1CCCNCC1. The molecule has 2 rings (SSSR count). The second-order valence-electron chi connectivity index (χ2n) is 5.50. The lowest BCUT2D eigenvalue weighted by Gasteiger charge is -2.28. The highest BCUT2D eigenvalue weighted by atomic mass is 32.1. The van der Waals surface area contributed by atoms with Crippen LogP contribution in [0.5, 0.6) is 0 Å². The van der Waals surface area contributed by atoms with E-state index in [1.54, 1.807) is 21.1 Å². The molecule has 0 atom stereocenters. The molecule has 0 aromatic carbocycles. The summed E-state index contributed by atoms with van der Waals surface area (Å²) in [5.41, 5.74) is 0. The first kappa shape index (κ1) is 16.0. The quantitative estimate of drug-likeness (QED) is 0.857. The van der Waals surface area contributed by atoms with E-state index < -0.39 is 0 Å². The van der Waals surface area contributed by atoms with E-state index in [1.165, 1.54) is 0 Å². The fraction of sp³-hybridized carbons (Fsp3) is 0.600. The number of hydrogen-bond acceptors (Lipinski definition) is 4. The second-order valence-corrected chi connectivity index (χ2v) is 6.53. The van der Waals surface area contributed by atoms with Gasteiger partial charge in [0.1, 0.15) is 0 Å². The van der Waals surface area contributed by atoms with Gasteiger partial charge in [-0.3, -0.25) is 9.59 Å². The van der Waals surface area contributed by atoms with Crippen LogP contribution in [-0.4, -0.2) is 53.8 Å². The van der Waals surface area contributed by atoms with E-state index in [0.29, 0.717) is 19.6 Å². The monoisotopic (exact) mass is 309 g/mol. The highest BCUT2D eigenvalue weighted by Crippen LogP contribution is 2.15. The van der Waals surface area contributed by atoms with Crippen LogP contribution in [0.25, 0.3) is 0 Å². The Kier molecular flexibility index (Phi) is 5.76. The van der Waals surface area contributed by atoms with E-state index in [4.69, 9.17) is 0 Å². The average Bonchev–Trinajstić information content (AvgIpc) is 2.83. The van der Waals surface area contributed by atoms with E-state index in [-0.39, 0.29) is 17.9 Å². The molecule has 5 nitrogen and oxygen atoms in total. The van der Waals surface area contributed by atoms with Gasteiger partial charge in [-0.15, -0.1) is 11.3 Å². The molecule has 0 spiro atoms. The lowest BCUT2D eigenvalue weighted by molar-refractivity contribution is -0.153. The van der Waals surface area contributed by atoms with Gasteiger partial charge in [-0.25, -0.2) is 0 Å². The van der Waals surface area contributed by atoms with Gasteiger partial charge >= 0.3 is 11.8 Å². The summed E-state index contributed by atoms with van der Waals surface area (Å²) in [5, 5.41) is 5.23. The molecule has 0 unspecified atom stereocenters. The number of carbonyl (C=O) groups is 2. The molecule has 116 valence electrons. The van der Waals surface area contributed by atoms with E-state index >= 15 is 0 Å². The maximum Gasteiger partial charge on any atom is 0.312 e. The van der Waals surface area contributed by atoms with Crippen molar-refractivity contribution < 1.29 is 9.59 Å². The van der Waals surface area contributed by atoms with Crippen molar-refractivity contribution in [1.29, 1.82) is 0 Å². The normalized spacial score (nSPS) is 15.9. The van der Waals surface area contributed by atoms with Crippen LogP contribution in [0.2, 0.25) is 0 Å². The summed E-state index contributed by atoms with van der Waals surface area (Å²) in [6, 6.07) is 3.97. The zero-order chi connectivity index (χ0) is 15.2. The molecule has 1 aromatic rings. The fourth-order valence-electron chi connectivity index (χ4n) is 2.37. The standard InChI is InChI=1S/C15H23N3O2S/c1-12(2)18(11-13-5-3-10-21-13)15(20)14(19)17-8-4-6-16-7-9-17/h3,5,10,12,16H,4,6-9,11H2,1-2H3. The van der Waals surface area contributed by atoms with Gasteiger partial charge in [0.25, 0.3) is 0 Å². The van der Waals surface area contributed by atoms with Gasteiger partial charge < -0.3 is 15.1 Å². The van der Waals surface area contributed by atoms with Gasteiger partial charge in [0, 0.05) is 30.6 Å². The molecule has 0 aliphatic carbocycles. The molecule has 2 heterocycles. The minimum Gasteiger partial charge on any atom is -0.333 e. The summed E-state index contributed by atoms with van der Waals surface area (Å²) in [5.74, 6) is -0.760. The summed E-state index contributed by atoms with van der Waals surface area (Å²) in [6.07, 6.45) is 0.894. The zero-order valence-corrected chi connectivity index (χ0v) is 13.5. The van der Waals surface area contributed by atoms with Crippen molar-refractivity contribution in [2.75, 3.05) is 26.2 Å². The summed E-state index contributed by atoms with van der Waals surface area (Å²) in [7, 11) is 0. The lowest BCUT2D eigenvalue weighted by atomic mass is 10.2. The first-order valence-corrected chi connectivity index (χ1v) is 8.30. The molecule has 1 aromatic heterocycles. The summed E-state index contributed by atoms with van der Waals surface area (Å²) < 4.78 is 0. The molecule has 1 fully saturated rings. The molecule has 0 radical (unpaired) electrons. The Morgan fingerprint density at radius 1 is 1.38 bits per heavy atom. The van der Waals surface area contributed by atoms with Crippen molar-refractivity contribution >= 4 is 23.2 Å². The van der Waals surface area contributed by atoms with Crippen molar-refractivity contribution in [1.82, 2.24) is 15.1 Å². The summed E-state index contributed by atoms with van der Waals surface area (Å²) >= 11 is 1.61.